The van der Waals surface area contributed by atoms with Crippen molar-refractivity contribution >= 4 is 69.3 Å². The van der Waals surface area contributed by atoms with Gasteiger partial charge in [0.15, 0.2) is 0 Å². The summed E-state index contributed by atoms with van der Waals surface area (Å²) in [5.41, 5.74) is 6.06. The zero-order valence-corrected chi connectivity index (χ0v) is 41.1. The van der Waals surface area contributed by atoms with Crippen LogP contribution in [0, 0.1) is 11.6 Å². The van der Waals surface area contributed by atoms with Gasteiger partial charge < -0.3 is 46.1 Å². The summed E-state index contributed by atoms with van der Waals surface area (Å²) >= 11 is 12.8. The van der Waals surface area contributed by atoms with E-state index >= 15 is 0 Å². The van der Waals surface area contributed by atoms with Gasteiger partial charge in [-0.2, -0.15) is 0 Å². The van der Waals surface area contributed by atoms with Crippen LogP contribution in [0.3, 0.4) is 0 Å². The van der Waals surface area contributed by atoms with Gasteiger partial charge in [-0.05, 0) is 89.5 Å². The number of nitrogens with zero attached hydrogens (tertiary/aromatic N) is 1. The molecule has 10 rings (SSSR count). The molecule has 0 saturated carbocycles. The first-order valence-corrected chi connectivity index (χ1v) is 24.8. The first-order valence-electron chi connectivity index (χ1n) is 23.2. The maximum atomic E-state index is 13.7. The third-order valence-electron chi connectivity index (χ3n) is 11.5. The van der Waals surface area contributed by atoms with Crippen molar-refractivity contribution in [1.29, 1.82) is 0 Å². The fraction of sp³-hybridized carbons (Fsp3) is 0.222. The van der Waals surface area contributed by atoms with E-state index in [1.165, 1.54) is 35.6 Å². The summed E-state index contributed by atoms with van der Waals surface area (Å²) in [4.78, 5) is 41.6. The first kappa shape index (κ1) is 51.9. The number of carbonyl (C=O) groups excluding carboxylic acids is 3. The molecule has 13 nitrogen and oxygen atoms in total. The van der Waals surface area contributed by atoms with E-state index in [1.54, 1.807) is 30.5 Å². The van der Waals surface area contributed by atoms with Crippen molar-refractivity contribution in [2.75, 3.05) is 75.0 Å². The first-order chi connectivity index (χ1) is 35.1. The molecule has 0 radical (unpaired) electrons. The zero-order chi connectivity index (χ0) is 50.2. The van der Waals surface area contributed by atoms with E-state index < -0.39 is 23.4 Å². The lowest BCUT2D eigenvalue weighted by molar-refractivity contribution is 0.0276. The molecule has 4 heterocycles. The number of hydrogen-bond acceptors (Lipinski definition) is 11. The summed E-state index contributed by atoms with van der Waals surface area (Å²) in [6.45, 7) is 7.04. The SMILES string of the molecule is O=C(Nc1ccc(C2CNCCO2)cc1)c1cnc(-c2ccccc2)s1.O=C(Nc1ccc([C@@H]2CNCCO2)cc1)c1ccc(Cl)cc1F.O=C(Nc1ccc([C@H]2CNCCO2)cc1)c1ccc(Cl)cc1F. The quantitative estimate of drug-likeness (QED) is 0.0777. The number of hydrogen-bond donors (Lipinski definition) is 6. The number of nitrogens with one attached hydrogen (secondary N) is 6. The Morgan fingerprint density at radius 2 is 0.917 bits per heavy atom. The second-order valence-electron chi connectivity index (χ2n) is 16.6. The van der Waals surface area contributed by atoms with Crippen molar-refractivity contribution in [2.24, 2.45) is 0 Å². The number of halogens is 4. The van der Waals surface area contributed by atoms with Gasteiger partial charge in [0.2, 0.25) is 0 Å². The van der Waals surface area contributed by atoms with Crippen LogP contribution in [0.5, 0.6) is 0 Å². The molecular weight excluding hydrogens is 984 g/mol. The Kier molecular flexibility index (Phi) is 18.6. The highest BCUT2D eigenvalue weighted by Crippen LogP contribution is 2.28. The fourth-order valence-corrected chi connectivity index (χ4v) is 8.85. The van der Waals surface area contributed by atoms with Gasteiger partial charge >= 0.3 is 0 Å². The molecule has 1 aromatic heterocycles. The zero-order valence-electron chi connectivity index (χ0n) is 38.8. The minimum atomic E-state index is -0.645. The molecule has 1 unspecified atom stereocenters. The highest BCUT2D eigenvalue weighted by Gasteiger charge is 2.20. The summed E-state index contributed by atoms with van der Waals surface area (Å²) in [7, 11) is 0. The smallest absolute Gasteiger partial charge is 0.267 e. The van der Waals surface area contributed by atoms with Gasteiger partial charge in [0.25, 0.3) is 17.7 Å². The lowest BCUT2D eigenvalue weighted by Crippen LogP contribution is -2.33. The van der Waals surface area contributed by atoms with Gasteiger partial charge in [-0.1, -0.05) is 89.9 Å². The Hall–Kier alpha value is -6.44. The Bertz CT molecular complexity index is 2780. The topological polar surface area (TPSA) is 164 Å². The van der Waals surface area contributed by atoms with Crippen molar-refractivity contribution in [2.45, 2.75) is 18.3 Å². The van der Waals surface area contributed by atoms with Crippen LogP contribution in [0.4, 0.5) is 25.8 Å². The fourth-order valence-electron chi connectivity index (χ4n) is 7.71. The average molecular weight is 1040 g/mol. The van der Waals surface area contributed by atoms with Gasteiger partial charge in [-0.3, -0.25) is 14.4 Å². The highest BCUT2D eigenvalue weighted by molar-refractivity contribution is 7.17. The van der Waals surface area contributed by atoms with Crippen LogP contribution < -0.4 is 31.9 Å². The minimum absolute atomic E-state index is 0.0159. The van der Waals surface area contributed by atoms with Crippen LogP contribution in [-0.4, -0.2) is 81.8 Å². The van der Waals surface area contributed by atoms with Crippen LogP contribution in [-0.2, 0) is 14.2 Å². The van der Waals surface area contributed by atoms with Gasteiger partial charge in [-0.15, -0.1) is 11.3 Å². The van der Waals surface area contributed by atoms with E-state index in [1.807, 2.05) is 78.9 Å². The number of thiazole rings is 1. The normalized spacial score (nSPS) is 17.5. The number of rotatable bonds is 10. The van der Waals surface area contributed by atoms with Crippen molar-refractivity contribution in [3.63, 3.8) is 0 Å². The molecule has 3 saturated heterocycles. The second kappa shape index (κ2) is 25.8. The minimum Gasteiger partial charge on any atom is -0.371 e. The highest BCUT2D eigenvalue weighted by atomic mass is 35.5. The lowest BCUT2D eigenvalue weighted by Gasteiger charge is -2.24. The van der Waals surface area contributed by atoms with Crippen LogP contribution >= 0.6 is 34.5 Å². The molecule has 0 aliphatic carbocycles. The third kappa shape index (κ3) is 14.6. The summed E-state index contributed by atoms with van der Waals surface area (Å²) in [5, 5.41) is 19.5. The molecule has 3 fully saturated rings. The monoisotopic (exact) mass is 1030 g/mol. The standard InChI is InChI=1S/C20H19N3O2S.2C17H16ClFN2O2/c24-19(18-13-22-20(26-18)15-4-2-1-3-5-15)23-16-8-6-14(7-9-16)17-12-21-10-11-25-17;2*18-12-3-6-14(15(19)9-12)17(22)21-13-4-1-11(2-5-13)16-10-20-7-8-23-16/h1-9,13,17,21H,10-12H2,(H,23,24);2*1-6,9,16,20H,7-8,10H2,(H,21,22)/t;2*16-/m.10/s1. The number of benzene rings is 6. The predicted octanol–water partition coefficient (Wildman–Crippen LogP) is 10.5. The third-order valence-corrected chi connectivity index (χ3v) is 13.0. The van der Waals surface area contributed by atoms with Crippen LogP contribution in [0.1, 0.15) is 65.4 Å². The molecule has 7 aromatic rings. The number of aromatic nitrogens is 1. The number of carbonyl (C=O) groups is 3. The molecular formula is C54H51Cl2F2N7O6S. The predicted molar refractivity (Wildman–Crippen MR) is 278 cm³/mol. The molecule has 72 heavy (non-hydrogen) atoms. The lowest BCUT2D eigenvalue weighted by atomic mass is 10.1. The van der Waals surface area contributed by atoms with E-state index in [0.29, 0.717) is 29.5 Å². The molecule has 0 bridgehead atoms. The molecule has 3 aliphatic rings. The van der Waals surface area contributed by atoms with Gasteiger partial charge in [-0.25, -0.2) is 13.8 Å². The molecule has 3 amide bonds. The van der Waals surface area contributed by atoms with E-state index in [-0.39, 0.29) is 45.4 Å². The average Bonchev–Trinajstić information content (AvgIpc) is 3.92. The molecule has 6 aromatic carbocycles. The summed E-state index contributed by atoms with van der Waals surface area (Å²) < 4.78 is 44.6. The maximum absolute atomic E-state index is 13.7. The Balaban J connectivity index is 0.000000145. The maximum Gasteiger partial charge on any atom is 0.267 e. The molecule has 0 spiro atoms. The summed E-state index contributed by atoms with van der Waals surface area (Å²) in [5.74, 6) is -2.46. The van der Waals surface area contributed by atoms with Crippen molar-refractivity contribution in [1.82, 2.24) is 20.9 Å². The van der Waals surface area contributed by atoms with Gasteiger partial charge in [0.05, 0.1) is 55.5 Å². The van der Waals surface area contributed by atoms with Crippen molar-refractivity contribution < 1.29 is 37.4 Å². The van der Waals surface area contributed by atoms with Crippen molar-refractivity contribution in [3.05, 3.63) is 200 Å². The van der Waals surface area contributed by atoms with Gasteiger partial charge in [0, 0.05) is 71.9 Å². The van der Waals surface area contributed by atoms with Crippen LogP contribution in [0.15, 0.2) is 146 Å². The molecule has 6 N–H and O–H groups in total. The van der Waals surface area contributed by atoms with Gasteiger partial charge in [0.1, 0.15) is 21.5 Å². The Morgan fingerprint density at radius 3 is 1.28 bits per heavy atom. The molecule has 372 valence electrons. The van der Waals surface area contributed by atoms with E-state index in [0.717, 1.165) is 91.0 Å². The van der Waals surface area contributed by atoms with Crippen LogP contribution in [0.2, 0.25) is 10.0 Å². The number of ether oxygens (including phenoxy) is 3. The molecule has 3 aliphatic heterocycles. The van der Waals surface area contributed by atoms with E-state index in [9.17, 15) is 23.2 Å². The summed E-state index contributed by atoms with van der Waals surface area (Å²) in [6, 6.07) is 40.3. The largest absolute Gasteiger partial charge is 0.371 e. The second-order valence-corrected chi connectivity index (χ2v) is 18.5. The van der Waals surface area contributed by atoms with Crippen molar-refractivity contribution in [3.8, 4) is 10.6 Å². The van der Waals surface area contributed by atoms with E-state index in [4.69, 9.17) is 37.4 Å². The Labute approximate surface area is 429 Å². The Morgan fingerprint density at radius 1 is 0.528 bits per heavy atom. The number of morpholine rings is 3. The number of amides is 3. The molecule has 18 heteroatoms. The molecule has 3 atom stereocenters. The van der Waals surface area contributed by atoms with E-state index in [2.05, 4.69) is 36.9 Å². The van der Waals surface area contributed by atoms with Crippen LogP contribution in [0.25, 0.3) is 10.6 Å². The summed E-state index contributed by atoms with van der Waals surface area (Å²) in [6.07, 6.45) is 1.73. The number of anilines is 3.